The highest BCUT2D eigenvalue weighted by molar-refractivity contribution is 5.69. The van der Waals surface area contributed by atoms with Gasteiger partial charge < -0.3 is 5.32 Å². The third-order valence-corrected chi connectivity index (χ3v) is 3.53. The lowest BCUT2D eigenvalue weighted by Crippen LogP contribution is -2.21. The maximum Gasteiger partial charge on any atom is 0.0571 e. The summed E-state index contributed by atoms with van der Waals surface area (Å²) in [6.07, 6.45) is 1.95. The van der Waals surface area contributed by atoms with E-state index in [-0.39, 0.29) is 0 Å². The van der Waals surface area contributed by atoms with Crippen LogP contribution >= 0.6 is 0 Å². The number of hydrogen-bond donors (Lipinski definition) is 1. The summed E-state index contributed by atoms with van der Waals surface area (Å²) in [6.45, 7) is 9.53. The Balaban J connectivity index is 2.27. The van der Waals surface area contributed by atoms with Crippen LogP contribution in [0.5, 0.6) is 0 Å². The molecule has 1 aromatic heterocycles. The molecule has 1 heterocycles. The quantitative estimate of drug-likeness (QED) is 0.911. The van der Waals surface area contributed by atoms with Crippen molar-refractivity contribution in [2.45, 2.75) is 40.3 Å². The summed E-state index contributed by atoms with van der Waals surface area (Å²) in [5.74, 6) is 0. The fourth-order valence-electron chi connectivity index (χ4n) is 2.22. The van der Waals surface area contributed by atoms with Crippen LogP contribution in [0, 0.1) is 13.8 Å². The molecule has 102 valence electrons. The van der Waals surface area contributed by atoms with E-state index in [0.29, 0.717) is 6.04 Å². The Kier molecular flexibility index (Phi) is 4.05. The third kappa shape index (κ3) is 3.04. The van der Waals surface area contributed by atoms with Gasteiger partial charge in [0.1, 0.15) is 0 Å². The summed E-state index contributed by atoms with van der Waals surface area (Å²) < 4.78 is 1.92. The van der Waals surface area contributed by atoms with E-state index in [1.165, 1.54) is 27.9 Å². The molecule has 0 unspecified atom stereocenters. The van der Waals surface area contributed by atoms with Crippen molar-refractivity contribution in [3.8, 4) is 11.1 Å². The number of benzene rings is 1. The molecular weight excluding hydrogens is 234 g/mol. The molecule has 19 heavy (non-hydrogen) atoms. The molecule has 0 spiro atoms. The molecule has 0 saturated carbocycles. The molecule has 3 nitrogen and oxygen atoms in total. The van der Waals surface area contributed by atoms with Crippen LogP contribution in [0.2, 0.25) is 0 Å². The van der Waals surface area contributed by atoms with Crippen LogP contribution < -0.4 is 5.32 Å². The fourth-order valence-corrected chi connectivity index (χ4v) is 2.22. The smallest absolute Gasteiger partial charge is 0.0571 e. The average molecular weight is 257 g/mol. The van der Waals surface area contributed by atoms with Crippen LogP contribution in [0.15, 0.2) is 24.4 Å². The minimum absolute atomic E-state index is 0.514. The van der Waals surface area contributed by atoms with Crippen molar-refractivity contribution in [1.82, 2.24) is 15.1 Å². The van der Waals surface area contributed by atoms with E-state index in [2.05, 4.69) is 56.3 Å². The average Bonchev–Trinajstić information content (AvgIpc) is 2.68. The molecule has 0 saturated heterocycles. The Bertz CT molecular complexity index is 567. The van der Waals surface area contributed by atoms with Gasteiger partial charge in [0.25, 0.3) is 0 Å². The molecule has 0 bridgehead atoms. The molecule has 0 atom stereocenters. The Labute approximate surface area is 115 Å². The largest absolute Gasteiger partial charge is 0.310 e. The van der Waals surface area contributed by atoms with Gasteiger partial charge in [0.2, 0.25) is 0 Å². The lowest BCUT2D eigenvalue weighted by atomic mass is 9.99. The summed E-state index contributed by atoms with van der Waals surface area (Å²) in [7, 11) is 1.98. The number of nitrogens with one attached hydrogen (secondary N) is 1. The molecule has 1 aromatic carbocycles. The predicted molar refractivity (Wildman–Crippen MR) is 80.1 cm³/mol. The minimum Gasteiger partial charge on any atom is -0.310 e. The van der Waals surface area contributed by atoms with Gasteiger partial charge in [0, 0.05) is 30.9 Å². The molecule has 0 amide bonds. The normalized spacial score (nSPS) is 11.3. The van der Waals surface area contributed by atoms with Gasteiger partial charge >= 0.3 is 0 Å². The molecule has 0 aliphatic carbocycles. The second kappa shape index (κ2) is 5.57. The van der Waals surface area contributed by atoms with Crippen LogP contribution in [-0.2, 0) is 13.6 Å². The fraction of sp³-hybridized carbons (Fsp3) is 0.438. The van der Waals surface area contributed by atoms with Crippen molar-refractivity contribution in [3.05, 3.63) is 41.2 Å². The topological polar surface area (TPSA) is 29.9 Å². The van der Waals surface area contributed by atoms with Crippen LogP contribution in [-0.4, -0.2) is 15.8 Å². The van der Waals surface area contributed by atoms with Crippen LogP contribution in [0.25, 0.3) is 11.1 Å². The molecule has 0 aliphatic heterocycles. The first-order chi connectivity index (χ1) is 8.99. The monoisotopic (exact) mass is 257 g/mol. The first-order valence-corrected chi connectivity index (χ1v) is 6.81. The van der Waals surface area contributed by atoms with Crippen LogP contribution in [0.3, 0.4) is 0 Å². The summed E-state index contributed by atoms with van der Waals surface area (Å²) in [5, 5.41) is 7.77. The van der Waals surface area contributed by atoms with E-state index in [1.54, 1.807) is 0 Å². The Morgan fingerprint density at radius 2 is 1.95 bits per heavy atom. The van der Waals surface area contributed by atoms with E-state index in [0.717, 1.165) is 6.54 Å². The molecule has 3 heteroatoms. The van der Waals surface area contributed by atoms with Crippen molar-refractivity contribution >= 4 is 0 Å². The Hall–Kier alpha value is -1.61. The van der Waals surface area contributed by atoms with Gasteiger partial charge in [-0.2, -0.15) is 5.10 Å². The van der Waals surface area contributed by atoms with Gasteiger partial charge in [-0.25, -0.2) is 0 Å². The highest BCUT2D eigenvalue weighted by Crippen LogP contribution is 2.26. The van der Waals surface area contributed by atoms with E-state index in [9.17, 15) is 0 Å². The Morgan fingerprint density at radius 3 is 2.47 bits per heavy atom. The van der Waals surface area contributed by atoms with Crippen molar-refractivity contribution < 1.29 is 0 Å². The van der Waals surface area contributed by atoms with E-state index < -0.39 is 0 Å². The third-order valence-electron chi connectivity index (χ3n) is 3.53. The number of aryl methyl sites for hydroxylation is 2. The molecule has 0 fully saturated rings. The standard InChI is InChI=1S/C16H23N3/c1-11(2)17-9-14-6-7-15(12(3)8-14)16-10-18-19(5)13(16)4/h6-8,10-11,17H,9H2,1-5H3. The van der Waals surface area contributed by atoms with Gasteiger partial charge in [0.05, 0.1) is 6.20 Å². The zero-order chi connectivity index (χ0) is 14.0. The maximum absolute atomic E-state index is 4.32. The van der Waals surface area contributed by atoms with E-state index in [1.807, 2.05) is 17.9 Å². The second-order valence-electron chi connectivity index (χ2n) is 5.45. The second-order valence-corrected chi connectivity index (χ2v) is 5.45. The predicted octanol–water partition coefficient (Wildman–Crippen LogP) is 3.20. The molecule has 0 aliphatic rings. The first-order valence-electron chi connectivity index (χ1n) is 6.81. The highest BCUT2D eigenvalue weighted by atomic mass is 15.3. The van der Waals surface area contributed by atoms with Crippen molar-refractivity contribution in [2.24, 2.45) is 7.05 Å². The van der Waals surface area contributed by atoms with Gasteiger partial charge in [0.15, 0.2) is 0 Å². The maximum atomic E-state index is 4.32. The van der Waals surface area contributed by atoms with Crippen molar-refractivity contribution in [3.63, 3.8) is 0 Å². The SMILES string of the molecule is Cc1cc(CNC(C)C)ccc1-c1cnn(C)c1C. The molecule has 2 rings (SSSR count). The first kappa shape index (κ1) is 13.8. The van der Waals surface area contributed by atoms with Gasteiger partial charge in [-0.1, -0.05) is 32.0 Å². The van der Waals surface area contributed by atoms with Gasteiger partial charge in [-0.3, -0.25) is 4.68 Å². The van der Waals surface area contributed by atoms with Crippen molar-refractivity contribution in [2.75, 3.05) is 0 Å². The summed E-state index contributed by atoms with van der Waals surface area (Å²) in [5.41, 5.74) is 6.34. The van der Waals surface area contributed by atoms with E-state index in [4.69, 9.17) is 0 Å². The number of aromatic nitrogens is 2. The summed E-state index contributed by atoms with van der Waals surface area (Å²) in [4.78, 5) is 0. The van der Waals surface area contributed by atoms with Gasteiger partial charge in [-0.15, -0.1) is 0 Å². The van der Waals surface area contributed by atoms with E-state index >= 15 is 0 Å². The summed E-state index contributed by atoms with van der Waals surface area (Å²) >= 11 is 0. The number of rotatable bonds is 4. The van der Waals surface area contributed by atoms with Crippen molar-refractivity contribution in [1.29, 1.82) is 0 Å². The molecule has 2 aromatic rings. The summed E-state index contributed by atoms with van der Waals surface area (Å²) in [6, 6.07) is 7.18. The highest BCUT2D eigenvalue weighted by Gasteiger charge is 2.09. The lowest BCUT2D eigenvalue weighted by Gasteiger charge is -2.11. The van der Waals surface area contributed by atoms with Crippen LogP contribution in [0.4, 0.5) is 0 Å². The molecule has 1 N–H and O–H groups in total. The zero-order valence-electron chi connectivity index (χ0n) is 12.5. The minimum atomic E-state index is 0.514. The van der Waals surface area contributed by atoms with Gasteiger partial charge in [-0.05, 0) is 30.5 Å². The Morgan fingerprint density at radius 1 is 1.21 bits per heavy atom. The zero-order valence-corrected chi connectivity index (χ0v) is 12.5. The number of nitrogens with zero attached hydrogens (tertiary/aromatic N) is 2. The lowest BCUT2D eigenvalue weighted by molar-refractivity contribution is 0.589. The number of hydrogen-bond acceptors (Lipinski definition) is 2. The molecule has 0 radical (unpaired) electrons. The van der Waals surface area contributed by atoms with Crippen LogP contribution in [0.1, 0.15) is 30.7 Å². The molecular formula is C16H23N3.